The van der Waals surface area contributed by atoms with E-state index in [1.165, 1.54) is 89.9 Å². The molecule has 0 aromatic heterocycles. The molecule has 4 nitrogen and oxygen atoms in total. The van der Waals surface area contributed by atoms with Gasteiger partial charge in [0.15, 0.2) is 0 Å². The van der Waals surface area contributed by atoms with Crippen LogP contribution in [0.2, 0.25) is 0 Å². The van der Waals surface area contributed by atoms with Crippen molar-refractivity contribution in [2.24, 2.45) is 11.8 Å². The molecule has 0 aromatic rings. The fraction of sp³-hybridized carbons (Fsp3) is 0.524. The van der Waals surface area contributed by atoms with Gasteiger partial charge in [0.2, 0.25) is 5.91 Å². The Labute approximate surface area is 279 Å². The first-order chi connectivity index (χ1) is 22.5. The maximum atomic E-state index is 12.6. The molecule has 2 atom stereocenters. The molecule has 0 heterocycles. The Bertz CT molecular complexity index is 1470. The molecule has 0 aliphatic heterocycles. The van der Waals surface area contributed by atoms with Gasteiger partial charge in [0, 0.05) is 65.3 Å². The van der Waals surface area contributed by atoms with Gasteiger partial charge >= 0.3 is 0 Å². The summed E-state index contributed by atoms with van der Waals surface area (Å²) in [6, 6.07) is 2.46. The molecule has 0 aliphatic carbocycles. The highest BCUT2D eigenvalue weighted by Gasteiger charge is 2.24. The maximum absolute atomic E-state index is 12.6. The number of unbranched alkanes of at least 4 members (excludes halogenated alkanes) is 15. The van der Waals surface area contributed by atoms with Crippen molar-refractivity contribution in [1.29, 1.82) is 0 Å². The van der Waals surface area contributed by atoms with E-state index in [0.717, 1.165) is 19.3 Å². The smallest absolute Gasteiger partial charge is 0.235 e. The van der Waals surface area contributed by atoms with Crippen LogP contribution in [0.1, 0.15) is 129 Å². The van der Waals surface area contributed by atoms with Gasteiger partial charge in [0.1, 0.15) is 0 Å². The summed E-state index contributed by atoms with van der Waals surface area (Å²) in [4.78, 5) is 23.9. The summed E-state index contributed by atoms with van der Waals surface area (Å²) in [6.07, 6.45) is 26.1. The topological polar surface area (TPSA) is 69.2 Å². The van der Waals surface area contributed by atoms with E-state index in [0.29, 0.717) is 0 Å². The molecule has 0 aromatic carbocycles. The molecule has 4 heteroatoms. The fourth-order valence-electron chi connectivity index (χ4n) is 4.61. The van der Waals surface area contributed by atoms with Crippen LogP contribution in [0.25, 0.3) is 0 Å². The van der Waals surface area contributed by atoms with Crippen molar-refractivity contribution in [2.75, 3.05) is 0 Å². The largest absolute Gasteiger partial charge is 0.550 e. The Hall–Kier alpha value is -5.02. The van der Waals surface area contributed by atoms with Gasteiger partial charge in [-0.1, -0.05) is 117 Å². The van der Waals surface area contributed by atoms with E-state index in [9.17, 15) is 14.7 Å². The van der Waals surface area contributed by atoms with Crippen LogP contribution in [0.4, 0.5) is 0 Å². The van der Waals surface area contributed by atoms with Gasteiger partial charge in [-0.25, -0.2) is 0 Å². The van der Waals surface area contributed by atoms with Gasteiger partial charge in [0.05, 0.1) is 0 Å². The Morgan fingerprint density at radius 3 is 1.28 bits per heavy atom. The van der Waals surface area contributed by atoms with Crippen molar-refractivity contribution < 1.29 is 14.7 Å². The van der Waals surface area contributed by atoms with E-state index in [-0.39, 0.29) is 12.3 Å². The minimum Gasteiger partial charge on any atom is -0.550 e. The van der Waals surface area contributed by atoms with E-state index in [1.807, 2.05) is 6.92 Å². The third-order valence-corrected chi connectivity index (χ3v) is 7.12. The third kappa shape index (κ3) is 29.1. The first-order valence-electron chi connectivity index (χ1n) is 16.5. The van der Waals surface area contributed by atoms with Crippen LogP contribution in [0, 0.1) is 119 Å². The number of nitrogens with one attached hydrogen (secondary N) is 1. The van der Waals surface area contributed by atoms with Crippen LogP contribution >= 0.6 is 0 Å². The molecule has 1 N–H and O–H groups in total. The summed E-state index contributed by atoms with van der Waals surface area (Å²) in [5.74, 6) is 36.6. The first-order valence-corrected chi connectivity index (χ1v) is 16.5. The zero-order valence-electron chi connectivity index (χ0n) is 27.7. The number of carbonyl (C=O) groups excluding carboxylic acids is 2. The zero-order chi connectivity index (χ0) is 33.8. The molecular weight excluding hydrogens is 566 g/mol. The Morgan fingerprint density at radius 1 is 0.565 bits per heavy atom. The van der Waals surface area contributed by atoms with E-state index >= 15 is 0 Å². The Balaban J connectivity index is 4.28. The van der Waals surface area contributed by atoms with Crippen molar-refractivity contribution in [3.05, 3.63) is 0 Å². The highest BCUT2D eigenvalue weighted by molar-refractivity contribution is 5.84. The number of hydrogen-bond acceptors (Lipinski definition) is 3. The summed E-state index contributed by atoms with van der Waals surface area (Å²) in [6.45, 7) is 4.17. The number of hydrogen-bond donors (Lipinski definition) is 1. The Kier molecular flexibility index (Phi) is 29.3. The van der Waals surface area contributed by atoms with Crippen LogP contribution in [-0.4, -0.2) is 11.9 Å². The van der Waals surface area contributed by atoms with Gasteiger partial charge < -0.3 is 9.90 Å². The minimum absolute atomic E-state index is 0.0999. The molecule has 0 saturated carbocycles. The van der Waals surface area contributed by atoms with Crippen molar-refractivity contribution in [2.45, 2.75) is 129 Å². The number of carbonyl (C=O) groups is 2. The third-order valence-electron chi connectivity index (χ3n) is 7.12. The lowest BCUT2D eigenvalue weighted by molar-refractivity contribution is -0.307. The molecule has 0 spiro atoms. The summed E-state index contributed by atoms with van der Waals surface area (Å²) >= 11 is 0. The van der Waals surface area contributed by atoms with E-state index in [2.05, 4.69) is 113 Å². The standard InChI is InChI=1S/C42H47NO3/c1-4-6-8-10-12-14-16-18-20-22-24-26-28-30-32-34-36-39(3)40(38-41(44)45)42(46)43-37-35-33-31-29-27-25-23-21-19-17-15-13-11-9-7-5-2/h2,39-40H,4,6,8,10,12,14,16,18,20,22,24,26,28,30,32,34,36,38H2,1,3H3,(H,43,46)(H,44,45)/p-1. The SMILES string of the molecule is C#CC#CC#CC#CC#CC#CC#CC#CC#CNC(=O)C(CC(=O)[O-])C(C)CCCCCCCCCCCCCCCCCC. The quantitative estimate of drug-likeness (QED) is 0.102. The lowest BCUT2D eigenvalue weighted by Gasteiger charge is -2.22. The average Bonchev–Trinajstić information content (AvgIpc) is 3.04. The van der Waals surface area contributed by atoms with E-state index in [1.54, 1.807) is 0 Å². The van der Waals surface area contributed by atoms with Gasteiger partial charge in [-0.15, -0.1) is 6.42 Å². The first kappa shape index (κ1) is 41.0. The summed E-state index contributed by atoms with van der Waals surface area (Å²) in [5.41, 5.74) is 0. The maximum Gasteiger partial charge on any atom is 0.235 e. The molecule has 46 heavy (non-hydrogen) atoms. The molecular formula is C42H46NO3-. The second-order valence-corrected chi connectivity index (χ2v) is 10.9. The number of aliphatic carboxylic acids is 1. The van der Waals surface area contributed by atoms with Gasteiger partial charge in [-0.3, -0.25) is 10.1 Å². The molecule has 2 unspecified atom stereocenters. The Morgan fingerprint density at radius 2 is 0.913 bits per heavy atom. The molecule has 0 aliphatic rings. The fourth-order valence-corrected chi connectivity index (χ4v) is 4.61. The molecule has 1 amide bonds. The van der Waals surface area contributed by atoms with Crippen molar-refractivity contribution in [1.82, 2.24) is 5.32 Å². The highest BCUT2D eigenvalue weighted by atomic mass is 16.4. The van der Waals surface area contributed by atoms with Crippen molar-refractivity contribution in [3.63, 3.8) is 0 Å². The van der Waals surface area contributed by atoms with Crippen LogP contribution in [0.15, 0.2) is 0 Å². The van der Waals surface area contributed by atoms with Gasteiger partial charge in [0.25, 0.3) is 0 Å². The number of rotatable bonds is 21. The number of carboxylic acids is 1. The van der Waals surface area contributed by atoms with Crippen LogP contribution < -0.4 is 10.4 Å². The lowest BCUT2D eigenvalue weighted by Crippen LogP contribution is -2.36. The normalized spacial score (nSPS) is 9.76. The summed E-state index contributed by atoms with van der Waals surface area (Å²) in [7, 11) is 0. The average molecular weight is 613 g/mol. The highest BCUT2D eigenvalue weighted by Crippen LogP contribution is 2.23. The van der Waals surface area contributed by atoms with Crippen molar-refractivity contribution in [3.8, 4) is 107 Å². The molecule has 0 bridgehead atoms. The van der Waals surface area contributed by atoms with Crippen LogP contribution in [-0.2, 0) is 9.59 Å². The second-order valence-electron chi connectivity index (χ2n) is 10.9. The molecule has 0 fully saturated rings. The number of terminal acetylenes is 1. The summed E-state index contributed by atoms with van der Waals surface area (Å²) in [5, 5.41) is 13.7. The number of carboxylic acid groups (broad SMARTS) is 1. The molecule has 238 valence electrons. The predicted molar refractivity (Wildman–Crippen MR) is 186 cm³/mol. The zero-order valence-corrected chi connectivity index (χ0v) is 27.7. The van der Waals surface area contributed by atoms with Crippen molar-refractivity contribution >= 4 is 11.9 Å². The van der Waals surface area contributed by atoms with Crippen LogP contribution in [0.3, 0.4) is 0 Å². The molecule has 0 rings (SSSR count). The van der Waals surface area contributed by atoms with Gasteiger partial charge in [-0.05, 0) is 66.1 Å². The monoisotopic (exact) mass is 612 g/mol. The molecule has 0 saturated heterocycles. The molecule has 0 radical (unpaired) electrons. The van der Waals surface area contributed by atoms with Crippen LogP contribution in [0.5, 0.6) is 0 Å². The lowest BCUT2D eigenvalue weighted by atomic mass is 9.86. The number of amides is 1. The minimum atomic E-state index is -1.25. The van der Waals surface area contributed by atoms with E-state index in [4.69, 9.17) is 6.42 Å². The van der Waals surface area contributed by atoms with Gasteiger partial charge in [-0.2, -0.15) is 0 Å². The summed E-state index contributed by atoms with van der Waals surface area (Å²) < 4.78 is 0. The predicted octanol–water partition coefficient (Wildman–Crippen LogP) is 5.76. The second kappa shape index (κ2) is 32.9. The van der Waals surface area contributed by atoms with E-state index < -0.39 is 17.8 Å².